The average molecular weight is 440 g/mol. The fraction of sp³-hybridized carbons (Fsp3) is 0.286. The molecule has 5 heteroatoms. The fourth-order valence-electron chi connectivity index (χ4n) is 4.81. The van der Waals surface area contributed by atoms with Crippen LogP contribution in [0.15, 0.2) is 58.1 Å². The predicted molar refractivity (Wildman–Crippen MR) is 140 cm³/mol. The van der Waals surface area contributed by atoms with E-state index in [9.17, 15) is 9.59 Å². The van der Waals surface area contributed by atoms with Crippen molar-refractivity contribution in [1.82, 2.24) is 9.97 Å². The first-order valence-electron chi connectivity index (χ1n) is 11.9. The van der Waals surface area contributed by atoms with E-state index in [0.717, 1.165) is 54.6 Å². The van der Waals surface area contributed by atoms with Crippen LogP contribution in [0.4, 0.5) is 5.69 Å². The van der Waals surface area contributed by atoms with Crippen molar-refractivity contribution >= 4 is 49.3 Å². The topological polar surface area (TPSA) is 69.0 Å². The van der Waals surface area contributed by atoms with Gasteiger partial charge in [-0.25, -0.2) is 0 Å². The summed E-state index contributed by atoms with van der Waals surface area (Å²) in [7, 11) is 0. The number of hydrogen-bond donors (Lipinski definition) is 2. The molecule has 0 saturated carbocycles. The molecule has 2 N–H and O–H groups in total. The van der Waals surface area contributed by atoms with Gasteiger partial charge in [0.25, 0.3) is 0 Å². The largest absolute Gasteiger partial charge is 0.371 e. The highest BCUT2D eigenvalue weighted by Gasteiger charge is 2.13. The molecule has 0 unspecified atom stereocenters. The molecule has 0 aliphatic carbocycles. The summed E-state index contributed by atoms with van der Waals surface area (Å²) >= 11 is 0. The Labute approximate surface area is 192 Å². The Morgan fingerprint density at radius 2 is 1.21 bits per heavy atom. The van der Waals surface area contributed by atoms with Crippen LogP contribution in [0.25, 0.3) is 43.6 Å². The molecule has 0 aliphatic rings. The number of aromatic amines is 2. The van der Waals surface area contributed by atoms with Crippen LogP contribution in [0, 0.1) is 0 Å². The van der Waals surface area contributed by atoms with Crippen LogP contribution in [0.5, 0.6) is 0 Å². The Balaban J connectivity index is 1.77. The quantitative estimate of drug-likeness (QED) is 0.325. The average Bonchev–Trinajstić information content (AvgIpc) is 2.83. The van der Waals surface area contributed by atoms with Crippen molar-refractivity contribution < 1.29 is 0 Å². The summed E-state index contributed by atoms with van der Waals surface area (Å²) in [5.74, 6) is 0. The van der Waals surface area contributed by atoms with Gasteiger partial charge in [0.2, 0.25) is 0 Å². The maximum atomic E-state index is 13.4. The number of rotatable bonds is 6. The van der Waals surface area contributed by atoms with Gasteiger partial charge in [-0.2, -0.15) is 0 Å². The lowest BCUT2D eigenvalue weighted by atomic mass is 10.0. The zero-order valence-corrected chi connectivity index (χ0v) is 19.4. The minimum atomic E-state index is -0.0213. The molecular weight excluding hydrogens is 410 g/mol. The molecule has 0 spiro atoms. The van der Waals surface area contributed by atoms with Crippen molar-refractivity contribution in [3.8, 4) is 0 Å². The highest BCUT2D eigenvalue weighted by atomic mass is 16.1. The Morgan fingerprint density at radius 3 is 1.85 bits per heavy atom. The van der Waals surface area contributed by atoms with Gasteiger partial charge in [0.1, 0.15) is 0 Å². The first-order chi connectivity index (χ1) is 16.0. The number of aryl methyl sites for hydroxylation is 1. The molecule has 0 atom stereocenters. The second kappa shape index (κ2) is 8.39. The second-order valence-corrected chi connectivity index (χ2v) is 8.80. The third kappa shape index (κ3) is 3.58. The van der Waals surface area contributed by atoms with E-state index in [-0.39, 0.29) is 10.9 Å². The Hall–Kier alpha value is -3.60. The molecule has 0 bridgehead atoms. The van der Waals surface area contributed by atoms with E-state index < -0.39 is 0 Å². The minimum Gasteiger partial charge on any atom is -0.371 e. The molecule has 0 fully saturated rings. The van der Waals surface area contributed by atoms with Crippen molar-refractivity contribution in [3.05, 3.63) is 74.5 Å². The van der Waals surface area contributed by atoms with Gasteiger partial charge in [0.05, 0.1) is 16.6 Å². The summed E-state index contributed by atoms with van der Waals surface area (Å²) in [4.78, 5) is 35.8. The van der Waals surface area contributed by atoms with E-state index in [4.69, 9.17) is 0 Å². The SMILES string of the molecule is CCCN(CCC)c1ccc2c(=O)c3cc4[nH]c5ccc(CC)cc5c(=O)c4cc3[nH]c2c1. The predicted octanol–water partition coefficient (Wildman–Crippen LogP) is 5.86. The molecule has 3 aromatic carbocycles. The molecule has 2 aromatic heterocycles. The number of hydrogen-bond acceptors (Lipinski definition) is 3. The standard InChI is InChI=1S/C28H29N3O2/c1-4-11-31(12-5-2)18-8-9-19-24(14-18)30-26-16-22-25(15-21(26)27(19)32)29-23-10-7-17(6-3)13-20(23)28(22)33/h7-10,13-16H,4-6,11-12H2,1-3H3,(H,29,33)(H,30,32). The van der Waals surface area contributed by atoms with Crippen LogP contribution >= 0.6 is 0 Å². The van der Waals surface area contributed by atoms with E-state index in [1.54, 1.807) is 0 Å². The summed E-state index contributed by atoms with van der Waals surface area (Å²) in [6, 6.07) is 15.6. The van der Waals surface area contributed by atoms with Gasteiger partial charge in [-0.3, -0.25) is 9.59 Å². The van der Waals surface area contributed by atoms with Gasteiger partial charge < -0.3 is 14.9 Å². The zero-order valence-electron chi connectivity index (χ0n) is 19.4. The Bertz CT molecular complexity index is 1620. The van der Waals surface area contributed by atoms with Gasteiger partial charge in [0.15, 0.2) is 10.9 Å². The maximum absolute atomic E-state index is 13.4. The number of pyridine rings is 2. The third-order valence-corrected chi connectivity index (χ3v) is 6.52. The van der Waals surface area contributed by atoms with Crippen LogP contribution < -0.4 is 15.8 Å². The van der Waals surface area contributed by atoms with Crippen molar-refractivity contribution in [2.45, 2.75) is 40.0 Å². The summed E-state index contributed by atoms with van der Waals surface area (Å²) in [6.07, 6.45) is 3.00. The van der Waals surface area contributed by atoms with E-state index in [1.807, 2.05) is 42.5 Å². The number of nitrogens with zero attached hydrogens (tertiary/aromatic N) is 1. The summed E-state index contributed by atoms with van der Waals surface area (Å²) < 4.78 is 0. The van der Waals surface area contributed by atoms with Gasteiger partial charge in [-0.1, -0.05) is 26.8 Å². The first kappa shape index (κ1) is 21.3. The molecule has 5 nitrogen and oxygen atoms in total. The van der Waals surface area contributed by atoms with Crippen molar-refractivity contribution in [2.75, 3.05) is 18.0 Å². The van der Waals surface area contributed by atoms with Crippen molar-refractivity contribution in [2.24, 2.45) is 0 Å². The zero-order chi connectivity index (χ0) is 23.1. The monoisotopic (exact) mass is 439 g/mol. The van der Waals surface area contributed by atoms with Crippen LogP contribution in [0.1, 0.15) is 39.2 Å². The fourth-order valence-corrected chi connectivity index (χ4v) is 4.81. The second-order valence-electron chi connectivity index (χ2n) is 8.80. The van der Waals surface area contributed by atoms with E-state index in [0.29, 0.717) is 32.6 Å². The molecule has 0 saturated heterocycles. The molecule has 0 amide bonds. The molecule has 5 aromatic rings. The maximum Gasteiger partial charge on any atom is 0.197 e. The number of H-pyrrole nitrogens is 2. The number of anilines is 1. The highest BCUT2D eigenvalue weighted by molar-refractivity contribution is 6.03. The smallest absolute Gasteiger partial charge is 0.197 e. The molecule has 0 aliphatic heterocycles. The van der Waals surface area contributed by atoms with Crippen LogP contribution in [-0.4, -0.2) is 23.1 Å². The van der Waals surface area contributed by atoms with Gasteiger partial charge in [-0.05, 0) is 67.3 Å². The van der Waals surface area contributed by atoms with Crippen LogP contribution in [0.3, 0.4) is 0 Å². The number of nitrogens with one attached hydrogen (secondary N) is 2. The summed E-state index contributed by atoms with van der Waals surface area (Å²) in [6.45, 7) is 8.38. The number of fused-ring (bicyclic) bond motifs is 4. The highest BCUT2D eigenvalue weighted by Crippen LogP contribution is 2.25. The van der Waals surface area contributed by atoms with E-state index in [2.05, 4.69) is 41.7 Å². The van der Waals surface area contributed by atoms with Crippen LogP contribution in [0.2, 0.25) is 0 Å². The first-order valence-corrected chi connectivity index (χ1v) is 11.9. The lowest BCUT2D eigenvalue weighted by molar-refractivity contribution is 0.745. The van der Waals surface area contributed by atoms with E-state index in [1.165, 1.54) is 0 Å². The molecule has 0 radical (unpaired) electrons. The summed E-state index contributed by atoms with van der Waals surface area (Å²) in [5.41, 5.74) is 5.16. The molecule has 2 heterocycles. The van der Waals surface area contributed by atoms with E-state index >= 15 is 0 Å². The minimum absolute atomic E-state index is 0.0114. The normalized spacial score (nSPS) is 11.7. The molecule has 168 valence electrons. The number of aromatic nitrogens is 2. The van der Waals surface area contributed by atoms with Crippen LogP contribution in [-0.2, 0) is 6.42 Å². The summed E-state index contributed by atoms with van der Waals surface area (Å²) in [5, 5.41) is 2.52. The Morgan fingerprint density at radius 1 is 0.636 bits per heavy atom. The van der Waals surface area contributed by atoms with Gasteiger partial charge in [0, 0.05) is 45.8 Å². The van der Waals surface area contributed by atoms with Gasteiger partial charge in [-0.15, -0.1) is 0 Å². The molecule has 33 heavy (non-hydrogen) atoms. The molecule has 5 rings (SSSR count). The lowest BCUT2D eigenvalue weighted by Crippen LogP contribution is -2.24. The van der Waals surface area contributed by atoms with Crippen molar-refractivity contribution in [3.63, 3.8) is 0 Å². The Kier molecular flexibility index (Phi) is 5.41. The number of benzene rings is 3. The van der Waals surface area contributed by atoms with Gasteiger partial charge >= 0.3 is 0 Å². The van der Waals surface area contributed by atoms with Crippen molar-refractivity contribution in [1.29, 1.82) is 0 Å². The lowest BCUT2D eigenvalue weighted by Gasteiger charge is -2.24. The molecular formula is C28H29N3O2. The third-order valence-electron chi connectivity index (χ3n) is 6.52.